The molecule has 5 rings (SSSR count). The van der Waals surface area contributed by atoms with Gasteiger partial charge in [0.1, 0.15) is 5.75 Å². The predicted molar refractivity (Wildman–Crippen MR) is 101 cm³/mol. The molecular weight excluding hydrogens is 373 g/mol. The van der Waals surface area contributed by atoms with Crippen molar-refractivity contribution >= 4 is 29.1 Å². The third kappa shape index (κ3) is 3.62. The van der Waals surface area contributed by atoms with E-state index in [2.05, 4.69) is 5.48 Å². The van der Waals surface area contributed by atoms with Crippen molar-refractivity contribution in [2.75, 3.05) is 6.61 Å². The van der Waals surface area contributed by atoms with Crippen LogP contribution in [0.5, 0.6) is 11.5 Å². The second kappa shape index (κ2) is 7.37. The number of ether oxygens (including phenoxy) is 1. The second-order valence-electron chi connectivity index (χ2n) is 6.83. The fourth-order valence-corrected chi connectivity index (χ4v) is 4.26. The summed E-state index contributed by atoms with van der Waals surface area (Å²) in [6, 6.07) is 11.1. The standard InChI is InChI=1S/C20H19Cl2NO3/c21-14-5-7-18-16(9-14)12-1-3-13(4-2-12)17-10-15(22)6-8-19(17)26-23-20(24)11-25-18/h5-10,12-13H,1-4,11H2,(H,23,24). The molecule has 2 bridgehead atoms. The van der Waals surface area contributed by atoms with Crippen molar-refractivity contribution in [3.05, 3.63) is 57.6 Å². The molecule has 0 spiro atoms. The van der Waals surface area contributed by atoms with Gasteiger partial charge in [0.2, 0.25) is 0 Å². The Labute approximate surface area is 162 Å². The highest BCUT2D eigenvalue weighted by molar-refractivity contribution is 6.31. The number of hydrogen-bond acceptors (Lipinski definition) is 3. The molecule has 3 aliphatic rings. The van der Waals surface area contributed by atoms with Gasteiger partial charge in [-0.05, 0) is 79.5 Å². The zero-order chi connectivity index (χ0) is 18.1. The smallest absolute Gasteiger partial charge is 0.290 e. The van der Waals surface area contributed by atoms with Crippen LogP contribution in [0.15, 0.2) is 36.4 Å². The Hall–Kier alpha value is -1.91. The number of hydrogen-bond donors (Lipinski definition) is 1. The molecule has 0 saturated heterocycles. The number of rotatable bonds is 0. The molecule has 1 aliphatic carbocycles. The van der Waals surface area contributed by atoms with Crippen LogP contribution in [0, 0.1) is 0 Å². The fraction of sp³-hybridized carbons (Fsp3) is 0.350. The summed E-state index contributed by atoms with van der Waals surface area (Å²) in [5.41, 5.74) is 4.59. The molecule has 1 saturated carbocycles. The van der Waals surface area contributed by atoms with Gasteiger partial charge in [-0.25, -0.2) is 0 Å². The molecule has 136 valence electrons. The summed E-state index contributed by atoms with van der Waals surface area (Å²) in [7, 11) is 0. The van der Waals surface area contributed by atoms with Gasteiger partial charge in [-0.15, -0.1) is 0 Å². The Morgan fingerprint density at radius 1 is 0.846 bits per heavy atom. The highest BCUT2D eigenvalue weighted by Crippen LogP contribution is 2.46. The molecule has 1 N–H and O–H groups in total. The largest absolute Gasteiger partial charge is 0.483 e. The molecule has 26 heavy (non-hydrogen) atoms. The number of benzene rings is 2. The summed E-state index contributed by atoms with van der Waals surface area (Å²) < 4.78 is 5.75. The zero-order valence-corrected chi connectivity index (χ0v) is 15.6. The maximum Gasteiger partial charge on any atom is 0.290 e. The van der Waals surface area contributed by atoms with E-state index in [1.165, 1.54) is 0 Å². The van der Waals surface area contributed by atoms with E-state index in [-0.39, 0.29) is 12.5 Å². The van der Waals surface area contributed by atoms with Gasteiger partial charge < -0.3 is 9.57 Å². The van der Waals surface area contributed by atoms with Crippen molar-refractivity contribution in [3.63, 3.8) is 0 Å². The maximum absolute atomic E-state index is 12.1. The number of hydroxylamine groups is 1. The lowest BCUT2D eigenvalue weighted by atomic mass is 9.76. The van der Waals surface area contributed by atoms with Crippen LogP contribution >= 0.6 is 23.2 Å². The predicted octanol–water partition coefficient (Wildman–Crippen LogP) is 5.24. The van der Waals surface area contributed by atoms with E-state index in [1.807, 2.05) is 18.2 Å². The van der Waals surface area contributed by atoms with Gasteiger partial charge in [0.05, 0.1) is 0 Å². The highest BCUT2D eigenvalue weighted by atomic mass is 35.5. The summed E-state index contributed by atoms with van der Waals surface area (Å²) in [4.78, 5) is 17.7. The minimum atomic E-state index is -0.349. The van der Waals surface area contributed by atoms with Crippen LogP contribution in [0.3, 0.4) is 0 Å². The summed E-state index contributed by atoms with van der Waals surface area (Å²) in [5, 5.41) is 1.36. The lowest BCUT2D eigenvalue weighted by Crippen LogP contribution is -2.32. The summed E-state index contributed by atoms with van der Waals surface area (Å²) in [6.07, 6.45) is 4.08. The summed E-state index contributed by atoms with van der Waals surface area (Å²) in [5.74, 6) is 1.73. The van der Waals surface area contributed by atoms with Gasteiger partial charge in [0, 0.05) is 15.6 Å². The van der Waals surface area contributed by atoms with Crippen molar-refractivity contribution in [1.82, 2.24) is 5.48 Å². The van der Waals surface area contributed by atoms with E-state index in [0.29, 0.717) is 33.4 Å². The molecular formula is C20H19Cl2NO3. The Morgan fingerprint density at radius 3 is 2.00 bits per heavy atom. The third-order valence-corrected chi connectivity index (χ3v) is 5.65. The Kier molecular flexibility index (Phi) is 4.96. The van der Waals surface area contributed by atoms with E-state index in [0.717, 1.165) is 36.8 Å². The van der Waals surface area contributed by atoms with E-state index < -0.39 is 0 Å². The van der Waals surface area contributed by atoms with E-state index in [1.54, 1.807) is 18.2 Å². The van der Waals surface area contributed by atoms with Crippen molar-refractivity contribution in [1.29, 1.82) is 0 Å². The first-order chi connectivity index (χ1) is 12.6. The number of carbonyl (C=O) groups is 1. The second-order valence-corrected chi connectivity index (χ2v) is 7.70. The molecule has 1 amide bonds. The first kappa shape index (κ1) is 17.5. The zero-order valence-electron chi connectivity index (χ0n) is 14.1. The van der Waals surface area contributed by atoms with Crippen molar-refractivity contribution in [3.8, 4) is 11.5 Å². The van der Waals surface area contributed by atoms with Crippen LogP contribution in [-0.2, 0) is 4.79 Å². The third-order valence-electron chi connectivity index (χ3n) is 5.18. The molecule has 4 nitrogen and oxygen atoms in total. The number of halogens is 2. The Morgan fingerprint density at radius 2 is 1.38 bits per heavy atom. The molecule has 1 fully saturated rings. The van der Waals surface area contributed by atoms with Crippen LogP contribution in [0.1, 0.15) is 48.6 Å². The summed E-state index contributed by atoms with van der Waals surface area (Å²) in [6.45, 7) is -0.117. The van der Waals surface area contributed by atoms with Crippen molar-refractivity contribution in [2.45, 2.75) is 37.5 Å². The minimum absolute atomic E-state index is 0.117. The van der Waals surface area contributed by atoms with Crippen LogP contribution in [0.2, 0.25) is 10.0 Å². The van der Waals surface area contributed by atoms with Crippen LogP contribution in [0.4, 0.5) is 0 Å². The van der Waals surface area contributed by atoms with Gasteiger partial charge in [0.25, 0.3) is 5.91 Å². The fourth-order valence-electron chi connectivity index (χ4n) is 3.90. The van der Waals surface area contributed by atoms with Gasteiger partial charge >= 0.3 is 0 Å². The van der Waals surface area contributed by atoms with Crippen LogP contribution in [-0.4, -0.2) is 12.5 Å². The van der Waals surface area contributed by atoms with E-state index in [4.69, 9.17) is 32.8 Å². The SMILES string of the molecule is O=C1COc2ccc(Cl)cc2C2CCC(CC2)c2cc(Cl)ccc2ON1. The van der Waals surface area contributed by atoms with Gasteiger partial charge in [-0.2, -0.15) is 5.48 Å². The van der Waals surface area contributed by atoms with Gasteiger partial charge in [-0.3, -0.25) is 4.79 Å². The molecule has 0 radical (unpaired) electrons. The van der Waals surface area contributed by atoms with Crippen LogP contribution < -0.4 is 15.1 Å². The number of nitrogens with one attached hydrogen (secondary N) is 1. The number of amides is 1. The topological polar surface area (TPSA) is 47.6 Å². The Bertz CT molecular complexity index is 764. The molecule has 6 heteroatoms. The molecule has 2 aliphatic heterocycles. The lowest BCUT2D eigenvalue weighted by Gasteiger charge is -2.30. The van der Waals surface area contributed by atoms with Crippen molar-refractivity contribution in [2.24, 2.45) is 0 Å². The highest BCUT2D eigenvalue weighted by Gasteiger charge is 2.28. The minimum Gasteiger partial charge on any atom is -0.483 e. The average Bonchev–Trinajstić information content (AvgIpc) is 2.67. The maximum atomic E-state index is 12.1. The van der Waals surface area contributed by atoms with Crippen LogP contribution in [0.25, 0.3) is 0 Å². The van der Waals surface area contributed by atoms with E-state index in [9.17, 15) is 4.79 Å². The van der Waals surface area contributed by atoms with Gasteiger partial charge in [0.15, 0.2) is 12.4 Å². The quantitative estimate of drug-likeness (QED) is 0.667. The lowest BCUT2D eigenvalue weighted by molar-refractivity contribution is -0.129. The molecule has 0 unspecified atom stereocenters. The summed E-state index contributed by atoms with van der Waals surface area (Å²) >= 11 is 12.4. The monoisotopic (exact) mass is 391 g/mol. The molecule has 2 heterocycles. The first-order valence-corrected chi connectivity index (χ1v) is 9.53. The average molecular weight is 392 g/mol. The molecule has 2 aromatic carbocycles. The normalized spacial score (nSPS) is 22.5. The molecule has 0 atom stereocenters. The first-order valence-electron chi connectivity index (χ1n) is 8.77. The van der Waals surface area contributed by atoms with E-state index >= 15 is 0 Å². The molecule has 2 aromatic rings. The van der Waals surface area contributed by atoms with Crippen molar-refractivity contribution < 1.29 is 14.4 Å². The Balaban J connectivity index is 1.70. The van der Waals surface area contributed by atoms with Gasteiger partial charge in [-0.1, -0.05) is 23.2 Å². The number of carbonyl (C=O) groups excluding carboxylic acids is 1. The number of fused-ring (bicyclic) bond motifs is 6. The molecule has 0 aromatic heterocycles.